The summed E-state index contributed by atoms with van der Waals surface area (Å²) in [5.41, 5.74) is 2.33. The van der Waals surface area contributed by atoms with E-state index in [-0.39, 0.29) is 29.1 Å². The van der Waals surface area contributed by atoms with Crippen LogP contribution in [0.3, 0.4) is 0 Å². The number of aliphatic hydroxyl groups excluding tert-OH is 1. The highest BCUT2D eigenvalue weighted by atomic mass is 16.6. The van der Waals surface area contributed by atoms with Crippen molar-refractivity contribution in [1.82, 2.24) is 5.32 Å². The predicted octanol–water partition coefficient (Wildman–Crippen LogP) is 3.60. The van der Waals surface area contributed by atoms with E-state index in [0.29, 0.717) is 11.1 Å². The number of benzene rings is 3. The van der Waals surface area contributed by atoms with E-state index in [2.05, 4.69) is 5.32 Å². The summed E-state index contributed by atoms with van der Waals surface area (Å²) in [5, 5.41) is 23.6. The molecule has 152 valence electrons. The van der Waals surface area contributed by atoms with Gasteiger partial charge in [0, 0.05) is 29.8 Å². The molecule has 0 aliphatic rings. The molecule has 0 radical (unpaired) electrons. The molecule has 3 rings (SSSR count). The van der Waals surface area contributed by atoms with Gasteiger partial charge in [0.25, 0.3) is 11.6 Å². The molecular weight excluding hydrogens is 384 g/mol. The molecule has 0 aliphatic carbocycles. The highest BCUT2D eigenvalue weighted by Gasteiger charge is 2.19. The second kappa shape index (κ2) is 9.11. The van der Waals surface area contributed by atoms with Crippen LogP contribution in [-0.2, 0) is 0 Å². The summed E-state index contributed by atoms with van der Waals surface area (Å²) in [6, 6.07) is 19.0. The average Bonchev–Trinajstić information content (AvgIpc) is 2.77. The molecule has 0 spiro atoms. The largest absolute Gasteiger partial charge is 0.387 e. The van der Waals surface area contributed by atoms with Crippen molar-refractivity contribution in [3.63, 3.8) is 0 Å². The molecule has 1 unspecified atom stereocenters. The first-order valence-corrected chi connectivity index (χ1v) is 9.28. The van der Waals surface area contributed by atoms with Crippen LogP contribution in [0.15, 0.2) is 72.8 Å². The first-order chi connectivity index (χ1) is 14.4. The predicted molar refractivity (Wildman–Crippen MR) is 111 cm³/mol. The highest BCUT2D eigenvalue weighted by Crippen LogP contribution is 2.18. The first kappa shape index (κ1) is 20.9. The minimum absolute atomic E-state index is 0.0847. The summed E-state index contributed by atoms with van der Waals surface area (Å²) in [7, 11) is 0. The Labute approximate surface area is 173 Å². The molecule has 0 aliphatic heterocycles. The van der Waals surface area contributed by atoms with Gasteiger partial charge in [-0.05, 0) is 30.7 Å². The Hall–Kier alpha value is -3.84. The Morgan fingerprint density at radius 2 is 1.57 bits per heavy atom. The van der Waals surface area contributed by atoms with Crippen molar-refractivity contribution in [1.29, 1.82) is 0 Å². The van der Waals surface area contributed by atoms with E-state index in [1.54, 1.807) is 36.4 Å². The van der Waals surface area contributed by atoms with Crippen molar-refractivity contribution in [3.8, 4) is 0 Å². The molecule has 0 saturated heterocycles. The van der Waals surface area contributed by atoms with Crippen LogP contribution in [0.4, 0.5) is 5.69 Å². The van der Waals surface area contributed by atoms with Gasteiger partial charge in [0.1, 0.15) is 0 Å². The third kappa shape index (κ3) is 4.76. The highest BCUT2D eigenvalue weighted by molar-refractivity contribution is 6.15. The zero-order valence-corrected chi connectivity index (χ0v) is 16.2. The standard InChI is InChI=1S/C23H20N2O5/c1-15-6-8-17(9-7-15)22(27)19-4-2-3-5-20(19)23(28)24-14-21(26)16-10-12-18(13-11-16)25(29)30/h2-13,21,26H,14H2,1H3,(H,24,28). The summed E-state index contributed by atoms with van der Waals surface area (Å²) < 4.78 is 0. The summed E-state index contributed by atoms with van der Waals surface area (Å²) in [5.74, 6) is -0.760. The Kier molecular flexibility index (Phi) is 6.34. The van der Waals surface area contributed by atoms with Crippen LogP contribution >= 0.6 is 0 Å². The van der Waals surface area contributed by atoms with Crippen LogP contribution < -0.4 is 5.32 Å². The Balaban J connectivity index is 1.72. The normalized spacial score (nSPS) is 11.5. The molecule has 3 aromatic carbocycles. The first-order valence-electron chi connectivity index (χ1n) is 9.28. The Bertz CT molecular complexity index is 1080. The van der Waals surface area contributed by atoms with Gasteiger partial charge in [0.2, 0.25) is 0 Å². The number of nitrogens with zero attached hydrogens (tertiary/aromatic N) is 1. The number of aryl methyl sites for hydroxylation is 1. The summed E-state index contributed by atoms with van der Waals surface area (Å²) in [4.78, 5) is 35.7. The zero-order valence-electron chi connectivity index (χ0n) is 16.2. The fourth-order valence-corrected chi connectivity index (χ4v) is 2.96. The maximum Gasteiger partial charge on any atom is 0.269 e. The second-order valence-corrected chi connectivity index (χ2v) is 6.82. The van der Waals surface area contributed by atoms with E-state index in [1.165, 1.54) is 24.3 Å². The number of non-ortho nitro benzene ring substituents is 1. The molecule has 7 nitrogen and oxygen atoms in total. The van der Waals surface area contributed by atoms with Crippen LogP contribution in [0.1, 0.15) is 43.5 Å². The van der Waals surface area contributed by atoms with Crippen LogP contribution in [-0.4, -0.2) is 28.3 Å². The molecular formula is C23H20N2O5. The summed E-state index contributed by atoms with van der Waals surface area (Å²) in [6.45, 7) is 1.82. The molecule has 1 atom stereocenters. The van der Waals surface area contributed by atoms with Gasteiger partial charge in [-0.2, -0.15) is 0 Å². The monoisotopic (exact) mass is 404 g/mol. The average molecular weight is 404 g/mol. The van der Waals surface area contributed by atoms with Gasteiger partial charge in [0.15, 0.2) is 5.78 Å². The lowest BCUT2D eigenvalue weighted by atomic mass is 9.97. The number of carbonyl (C=O) groups is 2. The summed E-state index contributed by atoms with van der Waals surface area (Å²) in [6.07, 6.45) is -1.05. The molecule has 0 heterocycles. The van der Waals surface area contributed by atoms with Crippen molar-refractivity contribution in [2.75, 3.05) is 6.54 Å². The van der Waals surface area contributed by atoms with Crippen molar-refractivity contribution in [2.24, 2.45) is 0 Å². The number of carbonyl (C=O) groups excluding carboxylic acids is 2. The van der Waals surface area contributed by atoms with E-state index in [9.17, 15) is 24.8 Å². The molecule has 0 saturated carbocycles. The second-order valence-electron chi connectivity index (χ2n) is 6.82. The fourth-order valence-electron chi connectivity index (χ4n) is 2.96. The number of hydrogen-bond donors (Lipinski definition) is 2. The van der Waals surface area contributed by atoms with Crippen LogP contribution in [0, 0.1) is 17.0 Å². The number of nitrogens with one attached hydrogen (secondary N) is 1. The number of aliphatic hydroxyl groups is 1. The van der Waals surface area contributed by atoms with Crippen molar-refractivity contribution >= 4 is 17.4 Å². The minimum Gasteiger partial charge on any atom is -0.387 e. The number of nitro groups is 1. The van der Waals surface area contributed by atoms with E-state index >= 15 is 0 Å². The van der Waals surface area contributed by atoms with Gasteiger partial charge < -0.3 is 10.4 Å². The molecule has 0 aromatic heterocycles. The Morgan fingerprint density at radius 3 is 2.17 bits per heavy atom. The van der Waals surface area contributed by atoms with Gasteiger partial charge in [-0.15, -0.1) is 0 Å². The van der Waals surface area contributed by atoms with Crippen molar-refractivity contribution < 1.29 is 19.6 Å². The SMILES string of the molecule is Cc1ccc(C(=O)c2ccccc2C(=O)NCC(O)c2ccc([N+](=O)[O-])cc2)cc1. The lowest BCUT2D eigenvalue weighted by Crippen LogP contribution is -2.29. The Morgan fingerprint density at radius 1 is 0.967 bits per heavy atom. The van der Waals surface area contributed by atoms with Gasteiger partial charge >= 0.3 is 0 Å². The number of hydrogen-bond acceptors (Lipinski definition) is 5. The molecule has 3 aromatic rings. The van der Waals surface area contributed by atoms with Crippen LogP contribution in [0.2, 0.25) is 0 Å². The van der Waals surface area contributed by atoms with E-state index < -0.39 is 16.9 Å². The topological polar surface area (TPSA) is 110 Å². The number of nitro benzene ring substituents is 1. The van der Waals surface area contributed by atoms with Crippen LogP contribution in [0.25, 0.3) is 0 Å². The van der Waals surface area contributed by atoms with E-state index in [4.69, 9.17) is 0 Å². The van der Waals surface area contributed by atoms with Gasteiger partial charge in [-0.1, -0.05) is 48.0 Å². The zero-order chi connectivity index (χ0) is 21.7. The lowest BCUT2D eigenvalue weighted by Gasteiger charge is -2.14. The lowest BCUT2D eigenvalue weighted by molar-refractivity contribution is -0.384. The number of rotatable bonds is 7. The maximum atomic E-state index is 12.8. The molecule has 2 N–H and O–H groups in total. The maximum absolute atomic E-state index is 12.8. The molecule has 7 heteroatoms. The molecule has 0 bridgehead atoms. The smallest absolute Gasteiger partial charge is 0.269 e. The molecule has 30 heavy (non-hydrogen) atoms. The van der Waals surface area contributed by atoms with E-state index in [1.807, 2.05) is 19.1 Å². The van der Waals surface area contributed by atoms with Crippen molar-refractivity contribution in [3.05, 3.63) is 111 Å². The fraction of sp³-hybridized carbons (Fsp3) is 0.130. The number of ketones is 1. The van der Waals surface area contributed by atoms with Gasteiger partial charge in [-0.25, -0.2) is 0 Å². The van der Waals surface area contributed by atoms with Crippen LogP contribution in [0.5, 0.6) is 0 Å². The van der Waals surface area contributed by atoms with Gasteiger partial charge in [0.05, 0.1) is 16.6 Å². The third-order valence-electron chi connectivity index (χ3n) is 4.67. The van der Waals surface area contributed by atoms with E-state index in [0.717, 1.165) is 5.56 Å². The van der Waals surface area contributed by atoms with Gasteiger partial charge in [-0.3, -0.25) is 19.7 Å². The third-order valence-corrected chi connectivity index (χ3v) is 4.67. The molecule has 0 fully saturated rings. The molecule has 1 amide bonds. The quantitative estimate of drug-likeness (QED) is 0.355. The summed E-state index contributed by atoms with van der Waals surface area (Å²) >= 11 is 0. The number of amides is 1. The van der Waals surface area contributed by atoms with Crippen molar-refractivity contribution in [2.45, 2.75) is 13.0 Å². The minimum atomic E-state index is -1.05.